The molecule has 0 radical (unpaired) electrons. The molecule has 0 spiro atoms. The van der Waals surface area contributed by atoms with Crippen molar-refractivity contribution in [2.24, 2.45) is 0 Å². The second-order valence-electron chi connectivity index (χ2n) is 30.0. The molecule has 28 heteroatoms. The summed E-state index contributed by atoms with van der Waals surface area (Å²) in [5, 5.41) is 32.6. The third-order valence-electron chi connectivity index (χ3n) is 21.8. The Hall–Kier alpha value is -11.8. The number of benzene rings is 3. The number of aromatic amines is 3. The van der Waals surface area contributed by atoms with Crippen LogP contribution >= 0.6 is 0 Å². The fraction of sp³-hybridized carbons (Fsp3) is 0.357. The Morgan fingerprint density at radius 2 is 0.696 bits per heavy atom. The highest BCUT2D eigenvalue weighted by molar-refractivity contribution is 6.13. The average molecular weight is 1520 g/mol. The van der Waals surface area contributed by atoms with Gasteiger partial charge in [-0.2, -0.15) is 15.3 Å². The summed E-state index contributed by atoms with van der Waals surface area (Å²) in [4.78, 5) is 79.2. The highest BCUT2D eigenvalue weighted by Crippen LogP contribution is 2.35. The van der Waals surface area contributed by atoms with Crippen LogP contribution in [0.3, 0.4) is 0 Å². The first-order valence-electron chi connectivity index (χ1n) is 38.9. The quantitative estimate of drug-likeness (QED) is 0.0462. The zero-order valence-electron chi connectivity index (χ0n) is 62.3. The lowest BCUT2D eigenvalue weighted by atomic mass is 10.0. The van der Waals surface area contributed by atoms with Gasteiger partial charge in [-0.05, 0) is 189 Å². The summed E-state index contributed by atoms with van der Waals surface area (Å²) in [6.45, 7) is 10.1. The topological polar surface area (TPSA) is 270 Å². The third-order valence-corrected chi connectivity index (χ3v) is 21.8. The number of piperidine rings is 4. The predicted molar refractivity (Wildman–Crippen MR) is 428 cm³/mol. The molecule has 9 aromatic heterocycles. The van der Waals surface area contributed by atoms with E-state index in [0.29, 0.717) is 71.9 Å². The summed E-state index contributed by atoms with van der Waals surface area (Å²) in [5.74, 6) is -3.29. The Morgan fingerprint density at radius 3 is 1.07 bits per heavy atom. The Labute approximate surface area is 645 Å². The van der Waals surface area contributed by atoms with Crippen molar-refractivity contribution in [2.45, 2.75) is 115 Å². The van der Waals surface area contributed by atoms with Crippen LogP contribution in [0.4, 0.5) is 57.8 Å². The van der Waals surface area contributed by atoms with E-state index in [2.05, 4.69) is 102 Å². The maximum atomic E-state index is 13.6. The van der Waals surface area contributed by atoms with Gasteiger partial charge in [-0.25, -0.2) is 32.5 Å². The number of rotatable bonds is 17. The normalized spacial score (nSPS) is 17.2. The number of amides is 3. The largest absolute Gasteiger partial charge is 0.370 e. The summed E-state index contributed by atoms with van der Waals surface area (Å²) in [7, 11) is 0. The molecule has 0 bridgehead atoms. The molecule has 6 saturated heterocycles. The van der Waals surface area contributed by atoms with Crippen LogP contribution in [0.2, 0.25) is 0 Å². The molecule has 576 valence electrons. The zero-order chi connectivity index (χ0) is 76.6. The molecule has 6 aliphatic heterocycles. The summed E-state index contributed by atoms with van der Waals surface area (Å²) in [6, 6.07) is 35.1. The van der Waals surface area contributed by atoms with Crippen molar-refractivity contribution in [3.8, 4) is 33.4 Å². The van der Waals surface area contributed by atoms with E-state index in [1.807, 2.05) is 120 Å². The number of anilines is 7. The fourth-order valence-corrected chi connectivity index (χ4v) is 15.7. The maximum Gasteiger partial charge on any atom is 0.276 e. The molecular weight excluding hydrogens is 1430 g/mol. The van der Waals surface area contributed by atoms with E-state index in [4.69, 9.17) is 0 Å². The van der Waals surface area contributed by atoms with Crippen LogP contribution in [0.5, 0.6) is 0 Å². The van der Waals surface area contributed by atoms with Gasteiger partial charge in [0, 0.05) is 168 Å². The predicted octanol–water partition coefficient (Wildman–Crippen LogP) is 15.5. The van der Waals surface area contributed by atoms with Crippen molar-refractivity contribution in [1.82, 2.24) is 70.3 Å². The number of hydrogen-bond acceptors (Lipinski definition) is 18. The van der Waals surface area contributed by atoms with E-state index in [1.54, 1.807) is 48.3 Å². The van der Waals surface area contributed by atoms with Crippen LogP contribution in [0.25, 0.3) is 66.1 Å². The number of H-pyrrole nitrogens is 3. The lowest BCUT2D eigenvalue weighted by Crippen LogP contribution is -2.38. The number of carbonyl (C=O) groups is 3. The van der Waals surface area contributed by atoms with Crippen LogP contribution < -0.4 is 35.6 Å². The lowest BCUT2D eigenvalue weighted by molar-refractivity contribution is -0.0566. The number of hydrogen-bond donors (Lipinski definition) is 6. The molecule has 12 aromatic rings. The molecule has 3 aromatic carbocycles. The number of halogens is 4. The molecule has 18 rings (SSSR count). The Kier molecular flexibility index (Phi) is 22.2. The summed E-state index contributed by atoms with van der Waals surface area (Å²) < 4.78 is 54.2. The van der Waals surface area contributed by atoms with Crippen molar-refractivity contribution >= 4 is 90.6 Å². The number of pyridine rings is 6. The van der Waals surface area contributed by atoms with Crippen molar-refractivity contribution in [3.63, 3.8) is 0 Å². The number of alkyl halides is 4. The summed E-state index contributed by atoms with van der Waals surface area (Å²) in [5.41, 5.74) is 13.6. The molecule has 24 nitrogen and oxygen atoms in total. The minimum atomic E-state index is -2.63. The molecule has 6 N–H and O–H groups in total. The molecule has 3 amide bonds. The standard InChI is InChI=1S/C29H31F2N7O.C28H29F2N7O.C27H29N7O/c30-29(31)8-12-37(13-9-29)19-20-14-22(17-32-16-20)21-4-6-25-24(15-21)27(36-35-25)28(39)34-23-5-7-26(33-18-23)38-10-2-1-3-11-38;29-28(30)8-11-36(18-28)17-19-12-21(15-31-14-19)20-4-6-24-23(13-20)26(35-34-24)27(38)33-22-5-7-25(32-16-22)37-9-2-1-3-10-37;35-27(30-21-7-9-25(29-17-21)34-12-2-1-3-13-34)26-23-15-19(6-8-24(23)31-32-26)20-14-22(18-28-16-20)33-10-4-5-11-33/h4-7,14-18H,1-3,8-13,19H2,(H,34,39)(H,35,36);4-7,12-16H,1-3,8-11,17-18H2,(H,33,38)(H,34,35);6-9,14-18H,1-5,10-13H2,(H,30,35)(H,31,32). The Balaban J connectivity index is 0.000000127. The minimum Gasteiger partial charge on any atom is -0.370 e. The molecule has 112 heavy (non-hydrogen) atoms. The van der Waals surface area contributed by atoms with Crippen LogP contribution in [0, 0.1) is 0 Å². The van der Waals surface area contributed by atoms with Gasteiger partial charge in [-0.15, -0.1) is 0 Å². The Bertz CT molecular complexity index is 5270. The molecule has 0 unspecified atom stereocenters. The van der Waals surface area contributed by atoms with Gasteiger partial charge in [-0.1, -0.05) is 18.2 Å². The van der Waals surface area contributed by atoms with Crippen molar-refractivity contribution in [2.75, 3.05) is 114 Å². The second-order valence-corrected chi connectivity index (χ2v) is 30.0. The molecule has 0 aliphatic carbocycles. The SMILES string of the molecule is O=C(Nc1ccc(N2CCCCC2)nc1)c1n[nH]c2ccc(-c3cncc(CN4CCC(F)(F)C4)c3)cc12.O=C(Nc1ccc(N2CCCCC2)nc1)c1n[nH]c2ccc(-c3cncc(CN4CCC(F)(F)CC4)c3)cc12.O=C(Nc1ccc(N2CCCCC2)nc1)c1n[nH]c2ccc(-c3cncc(N4CCCC4)c3)cc12. The highest BCUT2D eigenvalue weighted by atomic mass is 19.3. The zero-order valence-corrected chi connectivity index (χ0v) is 62.3. The number of nitrogens with one attached hydrogen (secondary N) is 6. The third kappa shape index (κ3) is 17.8. The van der Waals surface area contributed by atoms with Gasteiger partial charge < -0.3 is 35.6 Å². The van der Waals surface area contributed by atoms with Gasteiger partial charge in [0.2, 0.25) is 0 Å². The fourth-order valence-electron chi connectivity index (χ4n) is 15.7. The Morgan fingerprint density at radius 1 is 0.348 bits per heavy atom. The summed E-state index contributed by atoms with van der Waals surface area (Å²) >= 11 is 0. The number of nitrogens with zero attached hydrogens (tertiary/aromatic N) is 15. The van der Waals surface area contributed by atoms with E-state index < -0.39 is 11.8 Å². The van der Waals surface area contributed by atoms with Gasteiger partial charge >= 0.3 is 0 Å². The highest BCUT2D eigenvalue weighted by Gasteiger charge is 2.38. The van der Waals surface area contributed by atoms with E-state index in [9.17, 15) is 31.9 Å². The van der Waals surface area contributed by atoms with Gasteiger partial charge in [0.25, 0.3) is 29.6 Å². The first kappa shape index (κ1) is 74.3. The summed E-state index contributed by atoms with van der Waals surface area (Å²) in [6.07, 6.45) is 28.9. The minimum absolute atomic E-state index is 0.110. The smallest absolute Gasteiger partial charge is 0.276 e. The van der Waals surface area contributed by atoms with Crippen molar-refractivity contribution in [3.05, 3.63) is 193 Å². The van der Waals surface area contributed by atoms with Gasteiger partial charge in [0.1, 0.15) is 17.5 Å². The number of fused-ring (bicyclic) bond motifs is 3. The van der Waals surface area contributed by atoms with Crippen LogP contribution in [-0.2, 0) is 13.1 Å². The first-order chi connectivity index (χ1) is 54.6. The van der Waals surface area contributed by atoms with Crippen LogP contribution in [0.15, 0.2) is 165 Å². The van der Waals surface area contributed by atoms with E-state index in [1.165, 1.54) is 70.6 Å². The maximum absolute atomic E-state index is 13.6. The van der Waals surface area contributed by atoms with E-state index in [0.717, 1.165) is 142 Å². The number of carbonyl (C=O) groups excluding carboxylic acids is 3. The monoisotopic (exact) mass is 1520 g/mol. The van der Waals surface area contributed by atoms with E-state index >= 15 is 0 Å². The number of aromatic nitrogens is 12. The second kappa shape index (κ2) is 33.4. The van der Waals surface area contributed by atoms with Crippen molar-refractivity contribution in [1.29, 1.82) is 0 Å². The van der Waals surface area contributed by atoms with Gasteiger partial charge in [0.05, 0.1) is 70.6 Å². The number of likely N-dealkylation sites (tertiary alicyclic amines) is 2. The van der Waals surface area contributed by atoms with Gasteiger partial charge in [0.15, 0.2) is 17.1 Å². The lowest BCUT2D eigenvalue weighted by Gasteiger charge is -2.31. The average Bonchev–Trinajstić information content (AvgIpc) is 1.63. The molecule has 6 fully saturated rings. The molecule has 0 saturated carbocycles. The first-order valence-corrected chi connectivity index (χ1v) is 38.9. The molecule has 0 atom stereocenters. The van der Waals surface area contributed by atoms with E-state index in [-0.39, 0.29) is 49.2 Å². The molecular formula is C84H89F4N21O3. The van der Waals surface area contributed by atoms with Crippen LogP contribution in [0.1, 0.15) is 132 Å². The van der Waals surface area contributed by atoms with Crippen LogP contribution in [-0.4, -0.2) is 178 Å². The van der Waals surface area contributed by atoms with Crippen molar-refractivity contribution < 1.29 is 31.9 Å². The van der Waals surface area contributed by atoms with Gasteiger partial charge in [-0.3, -0.25) is 54.4 Å². The molecule has 15 heterocycles. The molecule has 6 aliphatic rings.